The van der Waals surface area contributed by atoms with Crippen molar-refractivity contribution in [3.63, 3.8) is 0 Å². The summed E-state index contributed by atoms with van der Waals surface area (Å²) in [5.41, 5.74) is 7.47. The summed E-state index contributed by atoms with van der Waals surface area (Å²) in [5, 5.41) is 12.2. The van der Waals surface area contributed by atoms with Crippen LogP contribution in [0, 0.1) is 5.41 Å². The van der Waals surface area contributed by atoms with Gasteiger partial charge in [0.25, 0.3) is 0 Å². The van der Waals surface area contributed by atoms with Gasteiger partial charge in [0.05, 0.1) is 12.1 Å². The lowest BCUT2D eigenvalue weighted by Crippen LogP contribution is -2.51. The molecule has 1 aromatic heterocycles. The van der Waals surface area contributed by atoms with E-state index in [4.69, 9.17) is 10.5 Å². The van der Waals surface area contributed by atoms with Crippen LogP contribution in [-0.2, 0) is 4.74 Å². The SMILES string of the molecule is CCOC1CC(n2nnnc2-c2ccc(N)cc2)C1(C)C. The number of hydrogen-bond donors (Lipinski definition) is 1. The first-order valence-electron chi connectivity index (χ1n) is 7.29. The van der Waals surface area contributed by atoms with Gasteiger partial charge in [-0.3, -0.25) is 0 Å². The normalized spacial score (nSPS) is 23.8. The van der Waals surface area contributed by atoms with E-state index in [1.54, 1.807) is 0 Å². The maximum Gasteiger partial charge on any atom is 0.182 e. The van der Waals surface area contributed by atoms with E-state index in [0.29, 0.717) is 0 Å². The summed E-state index contributed by atoms with van der Waals surface area (Å²) in [6.07, 6.45) is 1.20. The highest BCUT2D eigenvalue weighted by Gasteiger charge is 2.51. The third-order valence-corrected chi connectivity index (χ3v) is 4.45. The lowest BCUT2D eigenvalue weighted by atomic mass is 9.64. The Bertz CT molecular complexity index is 619. The molecule has 3 rings (SSSR count). The van der Waals surface area contributed by atoms with Crippen LogP contribution in [0.2, 0.25) is 0 Å². The first kappa shape index (κ1) is 14.0. The summed E-state index contributed by atoms with van der Waals surface area (Å²) in [4.78, 5) is 0. The van der Waals surface area contributed by atoms with E-state index in [1.807, 2.05) is 35.9 Å². The van der Waals surface area contributed by atoms with Crippen molar-refractivity contribution in [3.8, 4) is 11.4 Å². The molecule has 1 aromatic carbocycles. The van der Waals surface area contributed by atoms with Gasteiger partial charge in [-0.2, -0.15) is 0 Å². The fourth-order valence-electron chi connectivity index (χ4n) is 2.99. The monoisotopic (exact) mass is 287 g/mol. The number of nitrogens with zero attached hydrogens (tertiary/aromatic N) is 4. The molecule has 2 aromatic rings. The van der Waals surface area contributed by atoms with Crippen molar-refractivity contribution >= 4 is 5.69 Å². The number of nitrogen functional groups attached to an aromatic ring is 1. The van der Waals surface area contributed by atoms with Crippen molar-refractivity contribution < 1.29 is 4.74 Å². The van der Waals surface area contributed by atoms with Gasteiger partial charge in [-0.15, -0.1) is 5.10 Å². The van der Waals surface area contributed by atoms with Crippen molar-refractivity contribution in [2.45, 2.75) is 39.3 Å². The van der Waals surface area contributed by atoms with Crippen LogP contribution in [0.3, 0.4) is 0 Å². The van der Waals surface area contributed by atoms with Crippen molar-refractivity contribution in [3.05, 3.63) is 24.3 Å². The lowest BCUT2D eigenvalue weighted by Gasteiger charge is -2.51. The van der Waals surface area contributed by atoms with Crippen LogP contribution in [-0.4, -0.2) is 32.9 Å². The highest BCUT2D eigenvalue weighted by molar-refractivity contribution is 5.58. The first-order chi connectivity index (χ1) is 10.0. The number of anilines is 1. The van der Waals surface area contributed by atoms with Gasteiger partial charge in [0.15, 0.2) is 5.82 Å². The molecule has 112 valence electrons. The van der Waals surface area contributed by atoms with Crippen molar-refractivity contribution in [2.24, 2.45) is 5.41 Å². The predicted molar refractivity (Wildman–Crippen MR) is 80.5 cm³/mol. The summed E-state index contributed by atoms with van der Waals surface area (Å²) in [5.74, 6) is 0.781. The number of nitrogens with two attached hydrogens (primary N) is 1. The Balaban J connectivity index is 1.89. The van der Waals surface area contributed by atoms with Crippen LogP contribution in [0.25, 0.3) is 11.4 Å². The third-order valence-electron chi connectivity index (χ3n) is 4.45. The molecule has 2 unspecified atom stereocenters. The van der Waals surface area contributed by atoms with Crippen LogP contribution in [0.1, 0.15) is 33.2 Å². The highest BCUT2D eigenvalue weighted by atomic mass is 16.5. The molecule has 0 saturated heterocycles. The smallest absolute Gasteiger partial charge is 0.182 e. The molecule has 6 nitrogen and oxygen atoms in total. The van der Waals surface area contributed by atoms with E-state index in [0.717, 1.165) is 30.1 Å². The summed E-state index contributed by atoms with van der Waals surface area (Å²) in [6, 6.07) is 7.87. The Morgan fingerprint density at radius 2 is 2.05 bits per heavy atom. The Morgan fingerprint density at radius 1 is 1.33 bits per heavy atom. The molecule has 1 aliphatic rings. The second-order valence-electron chi connectivity index (χ2n) is 6.09. The zero-order valence-electron chi connectivity index (χ0n) is 12.7. The summed E-state index contributed by atoms with van der Waals surface area (Å²) < 4.78 is 7.70. The van der Waals surface area contributed by atoms with Gasteiger partial charge < -0.3 is 10.5 Å². The number of hydrogen-bond acceptors (Lipinski definition) is 5. The van der Waals surface area contributed by atoms with Gasteiger partial charge in [-0.25, -0.2) is 4.68 Å². The van der Waals surface area contributed by atoms with Crippen molar-refractivity contribution in [1.82, 2.24) is 20.2 Å². The number of tetrazole rings is 1. The van der Waals surface area contributed by atoms with Crippen LogP contribution < -0.4 is 5.73 Å². The lowest BCUT2D eigenvalue weighted by molar-refractivity contribution is -0.130. The van der Waals surface area contributed by atoms with E-state index in [2.05, 4.69) is 29.4 Å². The molecule has 0 radical (unpaired) electrons. The van der Waals surface area contributed by atoms with E-state index >= 15 is 0 Å². The zero-order valence-corrected chi connectivity index (χ0v) is 12.7. The van der Waals surface area contributed by atoms with Crippen LogP contribution in [0.15, 0.2) is 24.3 Å². The molecule has 0 spiro atoms. The Labute approximate surface area is 124 Å². The quantitative estimate of drug-likeness (QED) is 0.873. The van der Waals surface area contributed by atoms with E-state index in [9.17, 15) is 0 Å². The average Bonchev–Trinajstić information content (AvgIpc) is 2.92. The molecule has 21 heavy (non-hydrogen) atoms. The molecular weight excluding hydrogens is 266 g/mol. The summed E-state index contributed by atoms with van der Waals surface area (Å²) in [7, 11) is 0. The zero-order chi connectivity index (χ0) is 15.0. The van der Waals surface area contributed by atoms with E-state index in [1.165, 1.54) is 0 Å². The average molecular weight is 287 g/mol. The molecule has 2 atom stereocenters. The summed E-state index contributed by atoms with van der Waals surface area (Å²) in [6.45, 7) is 7.17. The van der Waals surface area contributed by atoms with Gasteiger partial charge in [-0.1, -0.05) is 13.8 Å². The summed E-state index contributed by atoms with van der Waals surface area (Å²) >= 11 is 0. The number of ether oxygens (including phenoxy) is 1. The van der Waals surface area contributed by atoms with Gasteiger partial charge in [-0.05, 0) is 48.0 Å². The minimum absolute atomic E-state index is 0.0218. The fraction of sp³-hybridized carbons (Fsp3) is 0.533. The second-order valence-corrected chi connectivity index (χ2v) is 6.09. The molecule has 6 heteroatoms. The molecule has 1 heterocycles. The third kappa shape index (κ3) is 2.29. The van der Waals surface area contributed by atoms with Gasteiger partial charge in [0.1, 0.15) is 0 Å². The Kier molecular flexibility index (Phi) is 3.41. The molecule has 1 saturated carbocycles. The Hall–Kier alpha value is -1.95. The topological polar surface area (TPSA) is 78.8 Å². The van der Waals surface area contributed by atoms with Gasteiger partial charge >= 0.3 is 0 Å². The fourth-order valence-corrected chi connectivity index (χ4v) is 2.99. The standard InChI is InChI=1S/C15H21N5O/c1-4-21-13-9-12(15(13,2)3)20-14(17-18-19-20)10-5-7-11(16)8-6-10/h5-8,12-13H,4,9,16H2,1-3H3. The van der Waals surface area contributed by atoms with E-state index < -0.39 is 0 Å². The van der Waals surface area contributed by atoms with Gasteiger partial charge in [0.2, 0.25) is 0 Å². The molecule has 0 amide bonds. The first-order valence-corrected chi connectivity index (χ1v) is 7.29. The Morgan fingerprint density at radius 3 is 2.67 bits per heavy atom. The van der Waals surface area contributed by atoms with Crippen LogP contribution >= 0.6 is 0 Å². The molecule has 1 aliphatic carbocycles. The van der Waals surface area contributed by atoms with Crippen molar-refractivity contribution in [1.29, 1.82) is 0 Å². The molecule has 0 aliphatic heterocycles. The maximum absolute atomic E-state index is 5.78. The van der Waals surface area contributed by atoms with Crippen LogP contribution in [0.5, 0.6) is 0 Å². The number of benzene rings is 1. The molecular formula is C15H21N5O. The minimum Gasteiger partial charge on any atom is -0.399 e. The van der Waals surface area contributed by atoms with Gasteiger partial charge in [0, 0.05) is 23.3 Å². The molecule has 1 fully saturated rings. The molecule has 0 bridgehead atoms. The number of aromatic nitrogens is 4. The largest absolute Gasteiger partial charge is 0.399 e. The van der Waals surface area contributed by atoms with E-state index in [-0.39, 0.29) is 17.6 Å². The number of rotatable bonds is 4. The van der Waals surface area contributed by atoms with Crippen molar-refractivity contribution in [2.75, 3.05) is 12.3 Å². The maximum atomic E-state index is 5.78. The highest BCUT2D eigenvalue weighted by Crippen LogP contribution is 2.51. The second kappa shape index (κ2) is 5.11. The predicted octanol–water partition coefficient (Wildman–Crippen LogP) is 2.30. The molecule has 2 N–H and O–H groups in total. The van der Waals surface area contributed by atoms with Crippen LogP contribution in [0.4, 0.5) is 5.69 Å². The minimum atomic E-state index is 0.0218.